The van der Waals surface area contributed by atoms with E-state index in [4.69, 9.17) is 14.2 Å². The summed E-state index contributed by atoms with van der Waals surface area (Å²) in [4.78, 5) is 64.0. The lowest BCUT2D eigenvalue weighted by atomic mass is 9.82. The minimum atomic E-state index is -1.12. The Morgan fingerprint density at radius 1 is 0.887 bits per heavy atom. The van der Waals surface area contributed by atoms with Gasteiger partial charge in [0.05, 0.1) is 19.6 Å². The van der Waals surface area contributed by atoms with Crippen LogP contribution in [0.3, 0.4) is 0 Å². The predicted octanol–water partition coefficient (Wildman–Crippen LogP) is 7.14. The Balaban J connectivity index is 1.24. The number of methoxy groups -OCH3 is 1. The second-order valence-corrected chi connectivity index (χ2v) is 14.5. The molecule has 11 heteroatoms. The van der Waals surface area contributed by atoms with Crippen LogP contribution in [0.25, 0.3) is 0 Å². The van der Waals surface area contributed by atoms with Gasteiger partial charge in [0.2, 0.25) is 5.91 Å². The highest BCUT2D eigenvalue weighted by atomic mass is 16.6. The topological polar surface area (TPSA) is 119 Å². The van der Waals surface area contributed by atoms with Gasteiger partial charge in [0.15, 0.2) is 6.04 Å². The average Bonchev–Trinajstić information content (AvgIpc) is 3.17. The summed E-state index contributed by atoms with van der Waals surface area (Å²) in [6.07, 6.45) is 2.80. The third-order valence-corrected chi connectivity index (χ3v) is 9.50. The van der Waals surface area contributed by atoms with Crippen LogP contribution in [-0.4, -0.2) is 70.6 Å². The van der Waals surface area contributed by atoms with Crippen LogP contribution in [0.5, 0.6) is 5.75 Å². The minimum Gasteiger partial charge on any atom is -0.497 e. The molecule has 0 bridgehead atoms. The first-order valence-corrected chi connectivity index (χ1v) is 18.0. The van der Waals surface area contributed by atoms with E-state index in [1.54, 1.807) is 51.1 Å². The Morgan fingerprint density at radius 2 is 1.58 bits per heavy atom. The van der Waals surface area contributed by atoms with Crippen LogP contribution in [0.1, 0.15) is 61.8 Å². The number of benzene rings is 3. The number of ether oxygens (including phenoxy) is 3. The molecule has 2 aliphatic heterocycles. The monoisotopic (exact) mass is 718 g/mol. The number of nitrogens with zero attached hydrogens (tertiary/aromatic N) is 4. The smallest absolute Gasteiger partial charge is 0.416 e. The third-order valence-electron chi connectivity index (χ3n) is 9.50. The molecule has 0 radical (unpaired) electrons. The third kappa shape index (κ3) is 9.03. The molecule has 0 aliphatic carbocycles. The molecule has 11 nitrogen and oxygen atoms in total. The van der Waals surface area contributed by atoms with Crippen molar-refractivity contribution in [3.05, 3.63) is 126 Å². The molecule has 2 aliphatic rings. The second kappa shape index (κ2) is 16.3. The molecule has 4 amide bonds. The molecule has 0 saturated carbocycles. The zero-order valence-corrected chi connectivity index (χ0v) is 30.6. The zero-order chi connectivity index (χ0) is 37.5. The predicted molar refractivity (Wildman–Crippen MR) is 199 cm³/mol. The van der Waals surface area contributed by atoms with E-state index in [1.165, 1.54) is 4.90 Å². The molecule has 4 aromatic rings. The van der Waals surface area contributed by atoms with E-state index in [9.17, 15) is 19.2 Å². The summed E-state index contributed by atoms with van der Waals surface area (Å²) < 4.78 is 16.8. The van der Waals surface area contributed by atoms with E-state index in [1.807, 2.05) is 72.8 Å². The van der Waals surface area contributed by atoms with Crippen molar-refractivity contribution in [3.63, 3.8) is 0 Å². The number of anilines is 1. The largest absolute Gasteiger partial charge is 0.497 e. The van der Waals surface area contributed by atoms with Crippen molar-refractivity contribution >= 4 is 29.8 Å². The van der Waals surface area contributed by atoms with Gasteiger partial charge in [0.25, 0.3) is 0 Å². The quantitative estimate of drug-likeness (QED) is 0.125. The molecule has 0 N–H and O–H groups in total. The number of urea groups is 1. The average molecular weight is 719 g/mol. The summed E-state index contributed by atoms with van der Waals surface area (Å²) in [6, 6.07) is 28.5. The molecule has 3 heterocycles. The van der Waals surface area contributed by atoms with E-state index in [0.29, 0.717) is 30.2 Å². The van der Waals surface area contributed by atoms with Crippen LogP contribution in [0.2, 0.25) is 0 Å². The number of esters is 1. The van der Waals surface area contributed by atoms with E-state index in [2.05, 4.69) is 17.1 Å². The maximum Gasteiger partial charge on any atom is 0.416 e. The van der Waals surface area contributed by atoms with Gasteiger partial charge in [-0.2, -0.15) is 0 Å². The van der Waals surface area contributed by atoms with Crippen molar-refractivity contribution in [3.8, 4) is 5.75 Å². The van der Waals surface area contributed by atoms with Gasteiger partial charge in [0, 0.05) is 25.2 Å². The first-order valence-electron chi connectivity index (χ1n) is 18.0. The lowest BCUT2D eigenvalue weighted by Gasteiger charge is -2.46. The second-order valence-electron chi connectivity index (χ2n) is 14.5. The van der Waals surface area contributed by atoms with E-state index >= 15 is 0 Å². The summed E-state index contributed by atoms with van der Waals surface area (Å²) in [5, 5.41) is 0. The fraction of sp³-hybridized carbons (Fsp3) is 0.357. The Kier molecular flexibility index (Phi) is 11.4. The van der Waals surface area contributed by atoms with Gasteiger partial charge in [-0.1, -0.05) is 72.8 Å². The summed E-state index contributed by atoms with van der Waals surface area (Å²) >= 11 is 0. The highest BCUT2D eigenvalue weighted by Gasteiger charge is 2.56. The van der Waals surface area contributed by atoms with Gasteiger partial charge in [-0.3, -0.25) is 9.69 Å². The minimum absolute atomic E-state index is 0.00846. The van der Waals surface area contributed by atoms with Gasteiger partial charge in [-0.15, -0.1) is 0 Å². The Bertz CT molecular complexity index is 1900. The molecule has 53 heavy (non-hydrogen) atoms. The molecule has 3 atom stereocenters. The van der Waals surface area contributed by atoms with Crippen molar-refractivity contribution in [2.24, 2.45) is 5.92 Å². The van der Waals surface area contributed by atoms with Gasteiger partial charge in [0.1, 0.15) is 23.8 Å². The Hall–Kier alpha value is -5.71. The number of imide groups is 1. The van der Waals surface area contributed by atoms with Crippen molar-refractivity contribution < 1.29 is 33.4 Å². The van der Waals surface area contributed by atoms with Crippen molar-refractivity contribution in [1.29, 1.82) is 0 Å². The fourth-order valence-electron chi connectivity index (χ4n) is 6.80. The standard InChI is InChI=1S/C42H46N4O7/c1-42(2,3)53-41(50)45(26-29-17-19-34(51-4)20-18-29)36-25-31(21-22-43-36)24-35-37(39(48)52-28-30-12-7-5-8-13-30)46(38(35)47)40(49)44-23-11-16-33(27-44)32-14-9-6-10-15-32/h5-10,12-15,17-22,25,33,35,37H,11,16,23-24,26-28H2,1-4H3/t33?,35-,37+/m1/s1. The normalized spacial score (nSPS) is 18.5. The van der Waals surface area contributed by atoms with Gasteiger partial charge in [-0.25, -0.2) is 24.3 Å². The summed E-state index contributed by atoms with van der Waals surface area (Å²) in [5.41, 5.74) is 2.65. The molecule has 0 spiro atoms. The molecular formula is C42H46N4O7. The molecule has 1 unspecified atom stereocenters. The van der Waals surface area contributed by atoms with E-state index in [-0.39, 0.29) is 25.5 Å². The van der Waals surface area contributed by atoms with Gasteiger partial charge >= 0.3 is 18.1 Å². The SMILES string of the molecule is COc1ccc(CN(C(=O)OC(C)(C)C)c2cc(C[C@H]3C(=O)N(C(=O)N4CCCC(c5ccccc5)C4)[C@@H]3C(=O)OCc3ccccc3)ccn2)cc1. The van der Waals surface area contributed by atoms with Gasteiger partial charge in [-0.05, 0) is 86.6 Å². The number of carbonyl (C=O) groups is 4. The number of hydrogen-bond acceptors (Lipinski definition) is 8. The van der Waals surface area contributed by atoms with Crippen LogP contribution < -0.4 is 9.64 Å². The van der Waals surface area contributed by atoms with Crippen LogP contribution in [0, 0.1) is 5.92 Å². The number of pyridine rings is 1. The Labute approximate surface area is 310 Å². The van der Waals surface area contributed by atoms with Crippen molar-refractivity contribution in [1.82, 2.24) is 14.8 Å². The van der Waals surface area contributed by atoms with Crippen LogP contribution >= 0.6 is 0 Å². The molecule has 2 fully saturated rings. The highest BCUT2D eigenvalue weighted by molar-refractivity contribution is 6.08. The number of rotatable bonds is 10. The number of hydrogen-bond donors (Lipinski definition) is 0. The number of amides is 4. The maximum absolute atomic E-state index is 14.0. The van der Waals surface area contributed by atoms with Gasteiger partial charge < -0.3 is 19.1 Å². The molecular weight excluding hydrogens is 672 g/mol. The highest BCUT2D eigenvalue weighted by Crippen LogP contribution is 2.35. The van der Waals surface area contributed by atoms with E-state index in [0.717, 1.165) is 34.4 Å². The Morgan fingerprint density at radius 3 is 2.26 bits per heavy atom. The van der Waals surface area contributed by atoms with Crippen LogP contribution in [-0.2, 0) is 38.6 Å². The summed E-state index contributed by atoms with van der Waals surface area (Å²) in [5.74, 6) is -0.819. The summed E-state index contributed by atoms with van der Waals surface area (Å²) in [6.45, 7) is 6.48. The zero-order valence-electron chi connectivity index (χ0n) is 30.6. The molecule has 2 saturated heterocycles. The van der Waals surface area contributed by atoms with Crippen molar-refractivity contribution in [2.75, 3.05) is 25.1 Å². The summed E-state index contributed by atoms with van der Waals surface area (Å²) in [7, 11) is 1.59. The van der Waals surface area contributed by atoms with Crippen LogP contribution in [0.4, 0.5) is 15.4 Å². The first-order chi connectivity index (χ1) is 25.5. The fourth-order valence-corrected chi connectivity index (χ4v) is 6.80. The molecule has 3 aromatic carbocycles. The number of β-lactam (4-membered cyclic amide) rings is 1. The number of likely N-dealkylation sites (tertiary alicyclic amines) is 2. The first kappa shape index (κ1) is 37.1. The number of carbonyl (C=O) groups excluding carboxylic acids is 4. The molecule has 1 aromatic heterocycles. The molecule has 6 rings (SSSR count). The lowest BCUT2D eigenvalue weighted by molar-refractivity contribution is -0.171. The van der Waals surface area contributed by atoms with Crippen molar-refractivity contribution in [2.45, 2.75) is 70.7 Å². The lowest BCUT2D eigenvalue weighted by Crippen LogP contribution is -2.69. The molecule has 276 valence electrons. The van der Waals surface area contributed by atoms with E-state index < -0.39 is 41.6 Å². The van der Waals surface area contributed by atoms with Crippen LogP contribution in [0.15, 0.2) is 103 Å². The number of aromatic nitrogens is 1. The maximum atomic E-state index is 14.0. The number of piperidine rings is 1.